The van der Waals surface area contributed by atoms with Crippen LogP contribution < -0.4 is 9.47 Å². The molecule has 0 amide bonds. The van der Waals surface area contributed by atoms with Crippen molar-refractivity contribution in [2.75, 3.05) is 14.2 Å². The van der Waals surface area contributed by atoms with Gasteiger partial charge in [-0.3, -0.25) is 4.98 Å². The summed E-state index contributed by atoms with van der Waals surface area (Å²) in [5.41, 5.74) is 5.81. The van der Waals surface area contributed by atoms with Gasteiger partial charge in [0.2, 0.25) is 5.88 Å². The zero-order valence-electron chi connectivity index (χ0n) is 17.6. The van der Waals surface area contributed by atoms with Gasteiger partial charge in [0.05, 0.1) is 31.0 Å². The molecule has 5 aromatic rings. The predicted octanol–water partition coefficient (Wildman–Crippen LogP) is 4.02. The Balaban J connectivity index is 1.42. The Labute approximate surface area is 183 Å². The van der Waals surface area contributed by atoms with E-state index in [1.807, 2.05) is 23.0 Å². The molecule has 0 N–H and O–H groups in total. The largest absolute Gasteiger partial charge is 0.480 e. The highest BCUT2D eigenvalue weighted by Gasteiger charge is 2.41. The van der Waals surface area contributed by atoms with Crippen molar-refractivity contribution in [2.45, 2.75) is 18.3 Å². The molecule has 1 fully saturated rings. The minimum absolute atomic E-state index is 0.252. The van der Waals surface area contributed by atoms with Crippen molar-refractivity contribution in [2.24, 2.45) is 0 Å². The summed E-state index contributed by atoms with van der Waals surface area (Å²) in [7, 11) is 3.10. The van der Waals surface area contributed by atoms with E-state index in [9.17, 15) is 0 Å². The van der Waals surface area contributed by atoms with Gasteiger partial charge in [-0.15, -0.1) is 0 Å². The lowest BCUT2D eigenvalue weighted by Crippen LogP contribution is -2.02. The molecule has 1 aromatic carbocycles. The maximum atomic E-state index is 5.48. The third-order valence-electron chi connectivity index (χ3n) is 6.02. The molecule has 32 heavy (non-hydrogen) atoms. The van der Waals surface area contributed by atoms with Gasteiger partial charge in [-0.25, -0.2) is 14.5 Å². The molecule has 0 bridgehead atoms. The van der Waals surface area contributed by atoms with Crippen molar-refractivity contribution < 1.29 is 9.47 Å². The number of ether oxygens (including phenoxy) is 2. The minimum Gasteiger partial charge on any atom is -0.480 e. The Hall–Kier alpha value is -4.07. The highest BCUT2D eigenvalue weighted by atomic mass is 16.5. The normalized spacial score (nSPS) is 17.6. The lowest BCUT2D eigenvalue weighted by atomic mass is 10.0. The van der Waals surface area contributed by atoms with Gasteiger partial charge < -0.3 is 9.47 Å². The van der Waals surface area contributed by atoms with Gasteiger partial charge in [-0.1, -0.05) is 12.1 Å². The first kappa shape index (κ1) is 18.7. The molecule has 158 valence electrons. The molecule has 2 atom stereocenters. The van der Waals surface area contributed by atoms with Crippen LogP contribution >= 0.6 is 0 Å². The van der Waals surface area contributed by atoms with Crippen molar-refractivity contribution in [1.29, 1.82) is 0 Å². The molecule has 8 nitrogen and oxygen atoms in total. The zero-order valence-corrected chi connectivity index (χ0v) is 17.6. The topological polar surface area (TPSA) is 87.3 Å². The summed E-state index contributed by atoms with van der Waals surface area (Å²) in [6, 6.07) is 13.0. The summed E-state index contributed by atoms with van der Waals surface area (Å²) in [6.45, 7) is 0. The average Bonchev–Trinajstić information content (AvgIpc) is 3.50. The van der Waals surface area contributed by atoms with Crippen LogP contribution in [0.1, 0.15) is 29.4 Å². The van der Waals surface area contributed by atoms with Gasteiger partial charge in [-0.2, -0.15) is 10.1 Å². The summed E-state index contributed by atoms with van der Waals surface area (Å²) in [5.74, 6) is 1.22. The standard InChI is InChI=1S/C24H20N6O2/c1-31-23-19(13-27-24(28-23)32-2)21-12-18(22-26-8-9-30(22)29-21)17-11-16(17)14-5-6-20-15(10-14)4-3-7-25-20/h3-10,12-13,16-17H,11H2,1-2H3. The SMILES string of the molecule is COc1ncc(-c2cc(C3CC3c3ccc4ncccc4c3)c3nccn3n2)c(OC)n1. The van der Waals surface area contributed by atoms with E-state index in [4.69, 9.17) is 14.6 Å². The van der Waals surface area contributed by atoms with Crippen LogP contribution in [0.15, 0.2) is 61.2 Å². The van der Waals surface area contributed by atoms with Crippen molar-refractivity contribution in [3.63, 3.8) is 0 Å². The molecule has 4 aromatic heterocycles. The van der Waals surface area contributed by atoms with E-state index >= 15 is 0 Å². The molecule has 1 aliphatic carbocycles. The van der Waals surface area contributed by atoms with E-state index in [-0.39, 0.29) is 6.01 Å². The van der Waals surface area contributed by atoms with Crippen LogP contribution in [0.2, 0.25) is 0 Å². The van der Waals surface area contributed by atoms with Crippen molar-refractivity contribution >= 4 is 16.6 Å². The Kier molecular flexibility index (Phi) is 4.24. The van der Waals surface area contributed by atoms with Crippen LogP contribution in [0.5, 0.6) is 11.9 Å². The highest BCUT2D eigenvalue weighted by Crippen LogP contribution is 2.56. The quantitative estimate of drug-likeness (QED) is 0.421. The fourth-order valence-electron chi connectivity index (χ4n) is 4.36. The number of pyridine rings is 1. The second kappa shape index (κ2) is 7.26. The molecule has 4 heterocycles. The van der Waals surface area contributed by atoms with Gasteiger partial charge in [0, 0.05) is 35.7 Å². The summed E-state index contributed by atoms with van der Waals surface area (Å²) >= 11 is 0. The lowest BCUT2D eigenvalue weighted by molar-refractivity contribution is 0.353. The fourth-order valence-corrected chi connectivity index (χ4v) is 4.36. The molecule has 1 aliphatic rings. The fraction of sp³-hybridized carbons (Fsp3) is 0.208. The molecule has 8 heteroatoms. The molecule has 6 rings (SSSR count). The van der Waals surface area contributed by atoms with Crippen LogP contribution in [-0.4, -0.2) is 43.8 Å². The van der Waals surface area contributed by atoms with Crippen molar-refractivity contribution in [3.8, 4) is 23.1 Å². The number of nitrogens with zero attached hydrogens (tertiary/aromatic N) is 6. The summed E-state index contributed by atoms with van der Waals surface area (Å²) in [6.07, 6.45) is 8.20. The van der Waals surface area contributed by atoms with E-state index < -0.39 is 0 Å². The first-order chi connectivity index (χ1) is 15.7. The second-order valence-corrected chi connectivity index (χ2v) is 7.86. The first-order valence-corrected chi connectivity index (χ1v) is 10.4. The lowest BCUT2D eigenvalue weighted by Gasteiger charge is -2.11. The maximum absolute atomic E-state index is 5.48. The minimum atomic E-state index is 0.252. The van der Waals surface area contributed by atoms with E-state index in [0.717, 1.165) is 34.2 Å². The number of methoxy groups -OCH3 is 2. The number of benzene rings is 1. The van der Waals surface area contributed by atoms with E-state index in [2.05, 4.69) is 50.3 Å². The van der Waals surface area contributed by atoms with Crippen molar-refractivity contribution in [3.05, 3.63) is 72.3 Å². The second-order valence-electron chi connectivity index (χ2n) is 7.86. The highest BCUT2D eigenvalue weighted by molar-refractivity contribution is 5.79. The molecule has 0 spiro atoms. The number of hydrogen-bond donors (Lipinski definition) is 0. The number of fused-ring (bicyclic) bond motifs is 2. The Bertz CT molecular complexity index is 1460. The third kappa shape index (κ3) is 3.03. The molecular formula is C24H20N6O2. The van der Waals surface area contributed by atoms with Gasteiger partial charge in [-0.05, 0) is 48.1 Å². The van der Waals surface area contributed by atoms with Crippen molar-refractivity contribution in [1.82, 2.24) is 29.5 Å². The Morgan fingerprint density at radius 2 is 1.91 bits per heavy atom. The van der Waals surface area contributed by atoms with Crippen LogP contribution in [0.4, 0.5) is 0 Å². The maximum Gasteiger partial charge on any atom is 0.319 e. The summed E-state index contributed by atoms with van der Waals surface area (Å²) in [4.78, 5) is 17.6. The zero-order chi connectivity index (χ0) is 21.7. The number of aromatic nitrogens is 6. The molecule has 0 aliphatic heterocycles. The van der Waals surface area contributed by atoms with Crippen LogP contribution in [0, 0.1) is 0 Å². The van der Waals surface area contributed by atoms with Crippen LogP contribution in [0.3, 0.4) is 0 Å². The van der Waals surface area contributed by atoms with E-state index in [1.54, 1.807) is 19.5 Å². The first-order valence-electron chi connectivity index (χ1n) is 10.4. The monoisotopic (exact) mass is 424 g/mol. The molecule has 1 saturated carbocycles. The number of rotatable bonds is 5. The van der Waals surface area contributed by atoms with E-state index in [0.29, 0.717) is 23.3 Å². The molecule has 0 radical (unpaired) electrons. The number of imidazole rings is 1. The summed E-state index contributed by atoms with van der Waals surface area (Å²) < 4.78 is 12.4. The molecule has 2 unspecified atom stereocenters. The van der Waals surface area contributed by atoms with Gasteiger partial charge >= 0.3 is 6.01 Å². The third-order valence-corrected chi connectivity index (χ3v) is 6.02. The van der Waals surface area contributed by atoms with Crippen LogP contribution in [0.25, 0.3) is 27.8 Å². The number of hydrogen-bond acceptors (Lipinski definition) is 7. The summed E-state index contributed by atoms with van der Waals surface area (Å²) in [5, 5.41) is 5.89. The van der Waals surface area contributed by atoms with E-state index in [1.165, 1.54) is 12.7 Å². The Morgan fingerprint density at radius 3 is 2.78 bits per heavy atom. The molecule has 0 saturated heterocycles. The Morgan fingerprint density at radius 1 is 0.969 bits per heavy atom. The smallest absolute Gasteiger partial charge is 0.319 e. The average molecular weight is 424 g/mol. The van der Waals surface area contributed by atoms with Gasteiger partial charge in [0.1, 0.15) is 0 Å². The van der Waals surface area contributed by atoms with Gasteiger partial charge in [0.15, 0.2) is 5.65 Å². The predicted molar refractivity (Wildman–Crippen MR) is 119 cm³/mol. The van der Waals surface area contributed by atoms with Crippen LogP contribution in [-0.2, 0) is 0 Å². The van der Waals surface area contributed by atoms with Gasteiger partial charge in [0.25, 0.3) is 0 Å². The molecular weight excluding hydrogens is 404 g/mol.